The van der Waals surface area contributed by atoms with Crippen LogP contribution in [0, 0.1) is 11.8 Å². The normalized spacial score (nSPS) is 12.0. The number of hydrogen-bond donors (Lipinski definition) is 0. The van der Waals surface area contributed by atoms with Gasteiger partial charge in [-0.2, -0.15) is 0 Å². The first kappa shape index (κ1) is 63.4. The third kappa shape index (κ3) is 53.2. The van der Waals surface area contributed by atoms with Crippen molar-refractivity contribution >= 4 is 17.9 Å². The highest BCUT2D eigenvalue weighted by molar-refractivity contribution is 5.71. The maximum absolute atomic E-state index is 12.9. The van der Waals surface area contributed by atoms with E-state index in [0.29, 0.717) is 19.3 Å². The van der Waals surface area contributed by atoms with Crippen LogP contribution in [0.15, 0.2) is 0 Å². The Labute approximate surface area is 406 Å². The SMILES string of the molecule is CCCCCCCCCCCCCCCCC(=O)OC[C@H](COC(=O)CCCCCCCCCCCCCCCC(C)C)OC(=O)CCCCCCCCCCCCCCCCC(C)C. The lowest BCUT2D eigenvalue weighted by atomic mass is 10.0. The molecule has 0 unspecified atom stereocenters. The molecule has 0 aromatic heterocycles. The maximum atomic E-state index is 12.9. The fourth-order valence-corrected chi connectivity index (χ4v) is 9.05. The zero-order valence-electron chi connectivity index (χ0n) is 44.6. The molecular formula is C59H114O6. The summed E-state index contributed by atoms with van der Waals surface area (Å²) in [7, 11) is 0. The summed E-state index contributed by atoms with van der Waals surface area (Å²) >= 11 is 0. The average Bonchev–Trinajstić information content (AvgIpc) is 3.28. The minimum Gasteiger partial charge on any atom is -0.462 e. The molecule has 0 radical (unpaired) electrons. The van der Waals surface area contributed by atoms with E-state index in [1.54, 1.807) is 0 Å². The molecule has 0 aromatic rings. The van der Waals surface area contributed by atoms with Crippen molar-refractivity contribution in [1.82, 2.24) is 0 Å². The second-order valence-corrected chi connectivity index (χ2v) is 21.2. The summed E-state index contributed by atoms with van der Waals surface area (Å²) in [4.78, 5) is 38.2. The fraction of sp³-hybridized carbons (Fsp3) is 0.949. The Bertz CT molecular complexity index is 993. The summed E-state index contributed by atoms with van der Waals surface area (Å²) in [5.41, 5.74) is 0. The predicted molar refractivity (Wildman–Crippen MR) is 280 cm³/mol. The molecule has 6 nitrogen and oxygen atoms in total. The highest BCUT2D eigenvalue weighted by Gasteiger charge is 2.19. The van der Waals surface area contributed by atoms with Gasteiger partial charge >= 0.3 is 17.9 Å². The van der Waals surface area contributed by atoms with E-state index in [1.165, 1.54) is 218 Å². The molecular weight excluding hydrogens is 805 g/mol. The summed E-state index contributed by atoms with van der Waals surface area (Å²) in [5, 5.41) is 0. The Morgan fingerprint density at radius 2 is 0.508 bits per heavy atom. The van der Waals surface area contributed by atoms with E-state index in [1.807, 2.05) is 0 Å². The first-order valence-electron chi connectivity index (χ1n) is 29.2. The molecule has 0 fully saturated rings. The van der Waals surface area contributed by atoms with Crippen LogP contribution in [0.25, 0.3) is 0 Å². The largest absolute Gasteiger partial charge is 0.462 e. The van der Waals surface area contributed by atoms with E-state index < -0.39 is 6.10 Å². The Hall–Kier alpha value is -1.59. The quantitative estimate of drug-likeness (QED) is 0.0344. The topological polar surface area (TPSA) is 78.9 Å². The number of unbranched alkanes of at least 4 members (excludes halogenated alkanes) is 38. The molecule has 6 heteroatoms. The van der Waals surface area contributed by atoms with Gasteiger partial charge in [0.2, 0.25) is 0 Å². The zero-order chi connectivity index (χ0) is 47.5. The molecule has 0 bridgehead atoms. The van der Waals surface area contributed by atoms with E-state index in [-0.39, 0.29) is 31.1 Å². The Morgan fingerprint density at radius 1 is 0.292 bits per heavy atom. The Morgan fingerprint density at radius 3 is 0.754 bits per heavy atom. The maximum Gasteiger partial charge on any atom is 0.306 e. The third-order valence-electron chi connectivity index (χ3n) is 13.5. The lowest BCUT2D eigenvalue weighted by Crippen LogP contribution is -2.30. The third-order valence-corrected chi connectivity index (χ3v) is 13.5. The van der Waals surface area contributed by atoms with Gasteiger partial charge in [-0.3, -0.25) is 14.4 Å². The lowest BCUT2D eigenvalue weighted by Gasteiger charge is -2.18. The number of carbonyl (C=O) groups is 3. The van der Waals surface area contributed by atoms with E-state index in [0.717, 1.165) is 69.6 Å². The molecule has 0 aliphatic heterocycles. The van der Waals surface area contributed by atoms with Crippen molar-refractivity contribution in [2.45, 2.75) is 336 Å². The molecule has 0 aliphatic carbocycles. The van der Waals surface area contributed by atoms with Crippen LogP contribution >= 0.6 is 0 Å². The van der Waals surface area contributed by atoms with Gasteiger partial charge in [0.1, 0.15) is 13.2 Å². The standard InChI is InChI=1S/C59H114O6/c1-6-7-8-9-10-11-12-13-19-24-29-34-39-44-49-57(60)63-52-56(53-64-58(61)50-45-40-35-30-25-21-16-18-23-28-33-38-43-48-55(4)5)65-59(62)51-46-41-36-31-26-20-15-14-17-22-27-32-37-42-47-54(2)3/h54-56H,6-53H2,1-5H3/t56-/m1/s1. The predicted octanol–water partition coefficient (Wildman–Crippen LogP) is 19.3. The van der Waals surface area contributed by atoms with Gasteiger partial charge in [0.05, 0.1) is 0 Å². The number of hydrogen-bond acceptors (Lipinski definition) is 6. The molecule has 0 aliphatic rings. The van der Waals surface area contributed by atoms with Gasteiger partial charge in [-0.15, -0.1) is 0 Å². The summed E-state index contributed by atoms with van der Waals surface area (Å²) in [6.45, 7) is 11.4. The van der Waals surface area contributed by atoms with Crippen molar-refractivity contribution in [3.8, 4) is 0 Å². The molecule has 0 saturated heterocycles. The second kappa shape index (κ2) is 51.8. The van der Waals surface area contributed by atoms with Crippen LogP contribution in [0.2, 0.25) is 0 Å². The second-order valence-electron chi connectivity index (χ2n) is 21.2. The number of ether oxygens (including phenoxy) is 3. The molecule has 0 N–H and O–H groups in total. The Kier molecular flexibility index (Phi) is 50.5. The summed E-state index contributed by atoms with van der Waals surface area (Å²) in [6.07, 6.45) is 55.2. The smallest absolute Gasteiger partial charge is 0.306 e. The van der Waals surface area contributed by atoms with Crippen LogP contribution in [0.1, 0.15) is 330 Å². The van der Waals surface area contributed by atoms with Gasteiger partial charge < -0.3 is 14.2 Å². The molecule has 386 valence electrons. The first-order valence-corrected chi connectivity index (χ1v) is 29.2. The van der Waals surface area contributed by atoms with Gasteiger partial charge in [0.25, 0.3) is 0 Å². The van der Waals surface area contributed by atoms with Gasteiger partial charge in [-0.05, 0) is 31.1 Å². The van der Waals surface area contributed by atoms with Crippen LogP contribution in [0.5, 0.6) is 0 Å². The van der Waals surface area contributed by atoms with Gasteiger partial charge in [0.15, 0.2) is 6.10 Å². The first-order chi connectivity index (χ1) is 31.7. The minimum absolute atomic E-state index is 0.0624. The number of esters is 3. The molecule has 0 spiro atoms. The lowest BCUT2D eigenvalue weighted by molar-refractivity contribution is -0.167. The van der Waals surface area contributed by atoms with E-state index in [2.05, 4.69) is 34.6 Å². The van der Waals surface area contributed by atoms with Crippen LogP contribution in [0.4, 0.5) is 0 Å². The van der Waals surface area contributed by atoms with Gasteiger partial charge in [-0.25, -0.2) is 0 Å². The van der Waals surface area contributed by atoms with Crippen LogP contribution in [-0.2, 0) is 28.6 Å². The van der Waals surface area contributed by atoms with E-state index >= 15 is 0 Å². The van der Waals surface area contributed by atoms with Crippen molar-refractivity contribution in [1.29, 1.82) is 0 Å². The zero-order valence-corrected chi connectivity index (χ0v) is 44.6. The van der Waals surface area contributed by atoms with E-state index in [4.69, 9.17) is 14.2 Å². The Balaban J connectivity index is 4.30. The van der Waals surface area contributed by atoms with Gasteiger partial charge in [-0.1, -0.05) is 291 Å². The van der Waals surface area contributed by atoms with Crippen molar-refractivity contribution in [2.24, 2.45) is 11.8 Å². The van der Waals surface area contributed by atoms with Crippen molar-refractivity contribution in [2.75, 3.05) is 13.2 Å². The van der Waals surface area contributed by atoms with Crippen molar-refractivity contribution in [3.63, 3.8) is 0 Å². The molecule has 0 amide bonds. The summed E-state index contributed by atoms with van der Waals surface area (Å²) in [6, 6.07) is 0. The minimum atomic E-state index is -0.763. The highest BCUT2D eigenvalue weighted by Crippen LogP contribution is 2.18. The summed E-state index contributed by atoms with van der Waals surface area (Å²) < 4.78 is 16.9. The molecule has 0 heterocycles. The molecule has 0 rings (SSSR count). The van der Waals surface area contributed by atoms with Crippen molar-refractivity contribution in [3.05, 3.63) is 0 Å². The van der Waals surface area contributed by atoms with E-state index in [9.17, 15) is 14.4 Å². The van der Waals surface area contributed by atoms with Crippen LogP contribution in [-0.4, -0.2) is 37.2 Å². The molecule has 0 saturated carbocycles. The van der Waals surface area contributed by atoms with Crippen molar-refractivity contribution < 1.29 is 28.6 Å². The van der Waals surface area contributed by atoms with Gasteiger partial charge in [0, 0.05) is 19.3 Å². The number of rotatable bonds is 53. The molecule has 0 aromatic carbocycles. The molecule has 1 atom stereocenters. The fourth-order valence-electron chi connectivity index (χ4n) is 9.05. The monoisotopic (exact) mass is 919 g/mol. The van der Waals surface area contributed by atoms with Crippen LogP contribution in [0.3, 0.4) is 0 Å². The average molecular weight is 920 g/mol. The molecule has 65 heavy (non-hydrogen) atoms. The van der Waals surface area contributed by atoms with Crippen LogP contribution < -0.4 is 0 Å². The summed E-state index contributed by atoms with van der Waals surface area (Å²) in [5.74, 6) is 0.846. The number of carbonyl (C=O) groups excluding carboxylic acids is 3. The highest BCUT2D eigenvalue weighted by atomic mass is 16.6.